The molecular formula is C25H26N4O4S. The molecule has 1 unspecified atom stereocenters. The minimum absolute atomic E-state index is 0.0952. The molecule has 0 bridgehead atoms. The number of aryl methyl sites for hydroxylation is 3. The van der Waals surface area contributed by atoms with Crippen LogP contribution in [-0.4, -0.2) is 36.6 Å². The Morgan fingerprint density at radius 1 is 1.06 bits per heavy atom. The third-order valence-corrected chi connectivity index (χ3v) is 7.86. The average molecular weight is 479 g/mol. The van der Waals surface area contributed by atoms with Crippen molar-refractivity contribution in [3.8, 4) is 5.69 Å². The quantitative estimate of drug-likeness (QED) is 0.621. The van der Waals surface area contributed by atoms with Gasteiger partial charge in [0.05, 0.1) is 28.8 Å². The van der Waals surface area contributed by atoms with Gasteiger partial charge >= 0.3 is 0 Å². The van der Waals surface area contributed by atoms with Crippen LogP contribution in [0.1, 0.15) is 34.4 Å². The highest BCUT2D eigenvalue weighted by Crippen LogP contribution is 2.35. The van der Waals surface area contributed by atoms with E-state index < -0.39 is 15.8 Å². The predicted molar refractivity (Wildman–Crippen MR) is 130 cm³/mol. The fourth-order valence-corrected chi connectivity index (χ4v) is 6.23. The van der Waals surface area contributed by atoms with Crippen molar-refractivity contribution in [2.24, 2.45) is 5.92 Å². The molecule has 0 spiro atoms. The number of sulfone groups is 1. The fourth-order valence-electron chi connectivity index (χ4n) is 4.74. The van der Waals surface area contributed by atoms with Crippen LogP contribution in [0.3, 0.4) is 0 Å². The number of amides is 2. The van der Waals surface area contributed by atoms with Gasteiger partial charge in [0.1, 0.15) is 5.82 Å². The topological polar surface area (TPSA) is 101 Å². The summed E-state index contributed by atoms with van der Waals surface area (Å²) in [4.78, 5) is 27.6. The monoisotopic (exact) mass is 478 g/mol. The summed E-state index contributed by atoms with van der Waals surface area (Å²) in [5.74, 6) is -0.921. The molecule has 1 atom stereocenters. The third-order valence-electron chi connectivity index (χ3n) is 6.42. The van der Waals surface area contributed by atoms with Crippen molar-refractivity contribution in [2.75, 3.05) is 16.8 Å². The van der Waals surface area contributed by atoms with E-state index in [-0.39, 0.29) is 36.3 Å². The van der Waals surface area contributed by atoms with Crippen molar-refractivity contribution >= 4 is 33.2 Å². The Morgan fingerprint density at radius 2 is 1.82 bits per heavy atom. The van der Waals surface area contributed by atoms with E-state index in [2.05, 4.69) is 10.4 Å². The highest BCUT2D eigenvalue weighted by Gasteiger charge is 2.38. The van der Waals surface area contributed by atoms with Crippen LogP contribution in [-0.2, 0) is 30.9 Å². The number of carbonyl (C=O) groups is 2. The van der Waals surface area contributed by atoms with E-state index in [4.69, 9.17) is 0 Å². The summed E-state index contributed by atoms with van der Waals surface area (Å²) < 4.78 is 26.1. The van der Waals surface area contributed by atoms with Gasteiger partial charge in [-0.2, -0.15) is 5.10 Å². The number of carbonyl (C=O) groups excluding carboxylic acids is 2. The molecule has 3 heterocycles. The maximum absolute atomic E-state index is 13.3. The maximum atomic E-state index is 13.3. The highest BCUT2D eigenvalue weighted by molar-refractivity contribution is 7.90. The molecule has 176 valence electrons. The smallest absolute Gasteiger partial charge is 0.230 e. The standard InChI is InChI=1S/C25H26N4O4S/c1-15-5-4-6-19(10-15)28-12-18(11-23(28)30)25(31)26-24-20-13-34(32,33)14-21(20)27-29(24)22-8-7-16(2)9-17(22)3/h4-10,18H,11-14H2,1-3H3,(H,26,31). The van der Waals surface area contributed by atoms with Gasteiger partial charge in [-0.25, -0.2) is 13.1 Å². The molecule has 2 aliphatic heterocycles. The molecule has 3 aromatic rings. The van der Waals surface area contributed by atoms with Crippen LogP contribution in [0, 0.1) is 26.7 Å². The van der Waals surface area contributed by atoms with Gasteiger partial charge in [-0.1, -0.05) is 29.8 Å². The molecule has 1 aromatic heterocycles. The van der Waals surface area contributed by atoms with Gasteiger partial charge < -0.3 is 10.2 Å². The van der Waals surface area contributed by atoms with Crippen molar-refractivity contribution < 1.29 is 18.0 Å². The molecule has 8 nitrogen and oxygen atoms in total. The van der Waals surface area contributed by atoms with E-state index in [1.807, 2.05) is 63.2 Å². The van der Waals surface area contributed by atoms with Gasteiger partial charge in [-0.15, -0.1) is 0 Å². The Morgan fingerprint density at radius 3 is 2.56 bits per heavy atom. The lowest BCUT2D eigenvalue weighted by atomic mass is 10.1. The summed E-state index contributed by atoms with van der Waals surface area (Å²) in [6, 6.07) is 13.5. The zero-order chi connectivity index (χ0) is 24.2. The molecule has 0 saturated carbocycles. The SMILES string of the molecule is Cc1cccc(N2CC(C(=O)Nc3c4c(nn3-c3ccc(C)cc3C)CS(=O)(=O)C4)CC2=O)c1. The normalized spacial score (nSPS) is 18.9. The largest absolute Gasteiger partial charge is 0.312 e. The first-order chi connectivity index (χ1) is 16.1. The highest BCUT2D eigenvalue weighted by atomic mass is 32.2. The van der Waals surface area contributed by atoms with E-state index in [0.717, 1.165) is 28.1 Å². The summed E-state index contributed by atoms with van der Waals surface area (Å²) in [5, 5.41) is 7.49. The molecule has 2 amide bonds. The van der Waals surface area contributed by atoms with Gasteiger partial charge in [0.2, 0.25) is 11.8 Å². The number of hydrogen-bond acceptors (Lipinski definition) is 5. The molecule has 5 rings (SSSR count). The van der Waals surface area contributed by atoms with Crippen molar-refractivity contribution in [1.82, 2.24) is 9.78 Å². The second-order valence-electron chi connectivity index (χ2n) is 9.24. The van der Waals surface area contributed by atoms with Crippen LogP contribution in [0.2, 0.25) is 0 Å². The molecular weight excluding hydrogens is 452 g/mol. The van der Waals surface area contributed by atoms with Gasteiger partial charge in [0.25, 0.3) is 0 Å². The van der Waals surface area contributed by atoms with Crippen LogP contribution in [0.15, 0.2) is 42.5 Å². The second-order valence-corrected chi connectivity index (χ2v) is 11.3. The number of benzene rings is 2. The average Bonchev–Trinajstić information content (AvgIpc) is 3.38. The predicted octanol–water partition coefficient (Wildman–Crippen LogP) is 3.22. The molecule has 2 aliphatic rings. The Hall–Kier alpha value is -3.46. The summed E-state index contributed by atoms with van der Waals surface area (Å²) in [6.45, 7) is 6.17. The number of nitrogens with zero attached hydrogens (tertiary/aromatic N) is 3. The van der Waals surface area contributed by atoms with E-state index >= 15 is 0 Å². The number of aromatic nitrogens is 2. The molecule has 2 aromatic carbocycles. The number of anilines is 2. The first-order valence-electron chi connectivity index (χ1n) is 11.2. The molecule has 1 N–H and O–H groups in total. The number of rotatable bonds is 4. The number of fused-ring (bicyclic) bond motifs is 1. The molecule has 9 heteroatoms. The van der Waals surface area contributed by atoms with Gasteiger partial charge in [0.15, 0.2) is 9.84 Å². The summed E-state index contributed by atoms with van der Waals surface area (Å²) in [6.07, 6.45) is 0.0952. The van der Waals surface area contributed by atoms with Crippen molar-refractivity contribution in [1.29, 1.82) is 0 Å². The Bertz CT molecular complexity index is 1440. The third kappa shape index (κ3) is 4.00. The lowest BCUT2D eigenvalue weighted by molar-refractivity contribution is -0.122. The van der Waals surface area contributed by atoms with Crippen LogP contribution in [0.25, 0.3) is 5.69 Å². The summed E-state index contributed by atoms with van der Waals surface area (Å²) in [7, 11) is -3.30. The van der Waals surface area contributed by atoms with E-state index in [0.29, 0.717) is 17.1 Å². The van der Waals surface area contributed by atoms with Crippen molar-refractivity contribution in [3.63, 3.8) is 0 Å². The zero-order valence-corrected chi connectivity index (χ0v) is 20.1. The molecule has 0 aliphatic carbocycles. The van der Waals surface area contributed by atoms with Crippen molar-refractivity contribution in [2.45, 2.75) is 38.7 Å². The number of nitrogens with one attached hydrogen (secondary N) is 1. The molecule has 0 radical (unpaired) electrons. The summed E-state index contributed by atoms with van der Waals surface area (Å²) >= 11 is 0. The Labute approximate surface area is 198 Å². The van der Waals surface area contributed by atoms with Crippen molar-refractivity contribution in [3.05, 3.63) is 70.4 Å². The zero-order valence-electron chi connectivity index (χ0n) is 19.3. The van der Waals surface area contributed by atoms with Crippen LogP contribution in [0.5, 0.6) is 0 Å². The van der Waals surface area contributed by atoms with E-state index in [1.54, 1.807) is 9.58 Å². The number of hydrogen-bond donors (Lipinski definition) is 1. The fraction of sp³-hybridized carbons (Fsp3) is 0.320. The van der Waals surface area contributed by atoms with Crippen LogP contribution < -0.4 is 10.2 Å². The molecule has 1 fully saturated rings. The first kappa shape index (κ1) is 22.3. The molecule has 1 saturated heterocycles. The maximum Gasteiger partial charge on any atom is 0.230 e. The second kappa shape index (κ2) is 8.09. The molecule has 34 heavy (non-hydrogen) atoms. The van der Waals surface area contributed by atoms with E-state index in [9.17, 15) is 18.0 Å². The first-order valence-corrected chi connectivity index (χ1v) is 13.0. The summed E-state index contributed by atoms with van der Waals surface area (Å²) in [5.41, 5.74) is 5.61. The van der Waals surface area contributed by atoms with Gasteiger partial charge in [-0.3, -0.25) is 9.59 Å². The lowest BCUT2D eigenvalue weighted by Gasteiger charge is -2.18. The van der Waals surface area contributed by atoms with Crippen LogP contribution in [0.4, 0.5) is 11.5 Å². The Balaban J connectivity index is 1.46. The van der Waals surface area contributed by atoms with Crippen LogP contribution >= 0.6 is 0 Å². The van der Waals surface area contributed by atoms with Gasteiger partial charge in [-0.05, 0) is 50.1 Å². The Kier molecular flexibility index (Phi) is 5.31. The minimum atomic E-state index is -3.30. The minimum Gasteiger partial charge on any atom is -0.312 e. The van der Waals surface area contributed by atoms with Gasteiger partial charge in [0, 0.05) is 24.2 Å². The van der Waals surface area contributed by atoms with E-state index in [1.165, 1.54) is 0 Å². The lowest BCUT2D eigenvalue weighted by Crippen LogP contribution is -2.29.